The molecule has 2 aromatic rings. The molecule has 0 radical (unpaired) electrons. The molecule has 5 heteroatoms. The number of H-pyrrole nitrogens is 1. The van der Waals surface area contributed by atoms with Crippen LogP contribution in [0.15, 0.2) is 22.7 Å². The fourth-order valence-electron chi connectivity index (χ4n) is 1.59. The van der Waals surface area contributed by atoms with Gasteiger partial charge in [0.25, 0.3) is 0 Å². The summed E-state index contributed by atoms with van der Waals surface area (Å²) >= 11 is 3.51. The molecule has 0 saturated heterocycles. The van der Waals surface area contributed by atoms with Crippen molar-refractivity contribution in [3.63, 3.8) is 0 Å². The molecule has 1 aromatic carbocycles. The zero-order valence-corrected chi connectivity index (χ0v) is 11.5. The van der Waals surface area contributed by atoms with Crippen molar-refractivity contribution in [2.24, 2.45) is 0 Å². The van der Waals surface area contributed by atoms with Crippen LogP contribution in [0.1, 0.15) is 5.69 Å². The van der Waals surface area contributed by atoms with E-state index in [9.17, 15) is 0 Å². The number of methoxy groups -OCH3 is 2. The molecule has 0 bridgehead atoms. The standard InChI is InChI=1S/C12H13BrN2O2/c1-7-11(13)12(15-14-7)9-5-4-8(16-2)6-10(9)17-3/h4-6H,1-3H3,(H,14,15). The molecular weight excluding hydrogens is 284 g/mol. The Kier molecular flexibility index (Phi) is 3.38. The lowest BCUT2D eigenvalue weighted by molar-refractivity contribution is 0.395. The minimum Gasteiger partial charge on any atom is -0.497 e. The van der Waals surface area contributed by atoms with Crippen molar-refractivity contribution < 1.29 is 9.47 Å². The molecule has 0 saturated carbocycles. The summed E-state index contributed by atoms with van der Waals surface area (Å²) in [6, 6.07) is 5.65. The van der Waals surface area contributed by atoms with Crippen molar-refractivity contribution in [1.29, 1.82) is 0 Å². The lowest BCUT2D eigenvalue weighted by Crippen LogP contribution is -1.91. The smallest absolute Gasteiger partial charge is 0.132 e. The third kappa shape index (κ3) is 2.15. The molecule has 0 unspecified atom stereocenters. The number of nitrogens with one attached hydrogen (secondary N) is 1. The highest BCUT2D eigenvalue weighted by atomic mass is 79.9. The maximum absolute atomic E-state index is 5.35. The molecule has 1 aromatic heterocycles. The van der Waals surface area contributed by atoms with Gasteiger partial charge in [-0.25, -0.2) is 0 Å². The van der Waals surface area contributed by atoms with Gasteiger partial charge in [-0.1, -0.05) is 0 Å². The number of nitrogens with zero attached hydrogens (tertiary/aromatic N) is 1. The number of ether oxygens (including phenoxy) is 2. The van der Waals surface area contributed by atoms with Gasteiger partial charge in [0.15, 0.2) is 0 Å². The van der Waals surface area contributed by atoms with Crippen LogP contribution in [0.3, 0.4) is 0 Å². The second-order valence-corrected chi connectivity index (χ2v) is 4.37. The van der Waals surface area contributed by atoms with Crippen LogP contribution in [0.25, 0.3) is 11.3 Å². The van der Waals surface area contributed by atoms with Crippen LogP contribution in [-0.4, -0.2) is 24.4 Å². The summed E-state index contributed by atoms with van der Waals surface area (Å²) in [5.41, 5.74) is 2.74. The highest BCUT2D eigenvalue weighted by Gasteiger charge is 2.14. The molecule has 0 amide bonds. The Labute approximate surface area is 108 Å². The molecule has 1 N–H and O–H groups in total. The predicted molar refractivity (Wildman–Crippen MR) is 69.6 cm³/mol. The van der Waals surface area contributed by atoms with Crippen molar-refractivity contribution in [3.8, 4) is 22.8 Å². The van der Waals surface area contributed by atoms with E-state index >= 15 is 0 Å². The van der Waals surface area contributed by atoms with E-state index in [1.807, 2.05) is 25.1 Å². The highest BCUT2D eigenvalue weighted by molar-refractivity contribution is 9.10. The summed E-state index contributed by atoms with van der Waals surface area (Å²) in [4.78, 5) is 0. The van der Waals surface area contributed by atoms with Crippen LogP contribution >= 0.6 is 15.9 Å². The van der Waals surface area contributed by atoms with E-state index in [-0.39, 0.29) is 0 Å². The number of benzene rings is 1. The lowest BCUT2D eigenvalue weighted by atomic mass is 10.1. The summed E-state index contributed by atoms with van der Waals surface area (Å²) in [5.74, 6) is 1.49. The third-order valence-electron chi connectivity index (χ3n) is 2.54. The van der Waals surface area contributed by atoms with Crippen LogP contribution in [0, 0.1) is 6.92 Å². The Morgan fingerprint density at radius 3 is 2.53 bits per heavy atom. The molecule has 17 heavy (non-hydrogen) atoms. The summed E-state index contributed by atoms with van der Waals surface area (Å²) in [5, 5.41) is 7.19. The maximum Gasteiger partial charge on any atom is 0.132 e. The van der Waals surface area contributed by atoms with E-state index in [1.165, 1.54) is 0 Å². The zero-order valence-electron chi connectivity index (χ0n) is 9.87. The molecule has 0 aliphatic heterocycles. The normalized spacial score (nSPS) is 10.4. The molecule has 2 rings (SSSR count). The van der Waals surface area contributed by atoms with Gasteiger partial charge in [-0.3, -0.25) is 5.10 Å². The molecule has 0 aliphatic carbocycles. The van der Waals surface area contributed by atoms with Crippen LogP contribution < -0.4 is 9.47 Å². The summed E-state index contributed by atoms with van der Waals surface area (Å²) < 4.78 is 11.5. The van der Waals surface area contributed by atoms with Crippen LogP contribution in [-0.2, 0) is 0 Å². The SMILES string of the molecule is COc1ccc(-c2n[nH]c(C)c2Br)c(OC)c1. The number of hydrogen-bond donors (Lipinski definition) is 1. The maximum atomic E-state index is 5.35. The quantitative estimate of drug-likeness (QED) is 0.946. The molecule has 1 heterocycles. The minimum atomic E-state index is 0.733. The van der Waals surface area contributed by atoms with Gasteiger partial charge in [0, 0.05) is 17.3 Å². The number of halogens is 1. The second-order valence-electron chi connectivity index (χ2n) is 3.58. The van der Waals surface area contributed by atoms with E-state index in [0.29, 0.717) is 0 Å². The van der Waals surface area contributed by atoms with Gasteiger partial charge in [-0.15, -0.1) is 0 Å². The average molecular weight is 297 g/mol. The van der Waals surface area contributed by atoms with Crippen molar-refractivity contribution in [2.45, 2.75) is 6.92 Å². The Balaban J connectivity index is 2.55. The number of aromatic amines is 1. The van der Waals surface area contributed by atoms with E-state index in [2.05, 4.69) is 26.1 Å². The predicted octanol–water partition coefficient (Wildman–Crippen LogP) is 3.16. The van der Waals surface area contributed by atoms with Crippen LogP contribution in [0.4, 0.5) is 0 Å². The van der Waals surface area contributed by atoms with E-state index < -0.39 is 0 Å². The number of aromatic nitrogens is 2. The molecule has 90 valence electrons. The molecule has 4 nitrogen and oxygen atoms in total. The first-order valence-electron chi connectivity index (χ1n) is 5.10. The lowest BCUT2D eigenvalue weighted by Gasteiger charge is -2.08. The Hall–Kier alpha value is -1.49. The first kappa shape index (κ1) is 12.0. The van der Waals surface area contributed by atoms with Crippen molar-refractivity contribution in [1.82, 2.24) is 10.2 Å². The first-order valence-corrected chi connectivity index (χ1v) is 5.89. The third-order valence-corrected chi connectivity index (χ3v) is 3.51. The van der Waals surface area contributed by atoms with E-state index in [4.69, 9.17) is 9.47 Å². The molecule has 0 aliphatic rings. The fraction of sp³-hybridized carbons (Fsp3) is 0.250. The van der Waals surface area contributed by atoms with E-state index in [1.54, 1.807) is 14.2 Å². The molecular formula is C12H13BrN2O2. The monoisotopic (exact) mass is 296 g/mol. The molecule has 0 spiro atoms. The average Bonchev–Trinajstić information content (AvgIpc) is 2.69. The van der Waals surface area contributed by atoms with Gasteiger partial charge in [0.05, 0.1) is 18.7 Å². The summed E-state index contributed by atoms with van der Waals surface area (Å²) in [6.45, 7) is 1.95. The fourth-order valence-corrected chi connectivity index (χ4v) is 1.98. The highest BCUT2D eigenvalue weighted by Crippen LogP contribution is 2.36. The topological polar surface area (TPSA) is 47.1 Å². The van der Waals surface area contributed by atoms with Crippen molar-refractivity contribution in [3.05, 3.63) is 28.4 Å². The summed E-state index contributed by atoms with van der Waals surface area (Å²) in [7, 11) is 3.26. The van der Waals surface area contributed by atoms with Gasteiger partial charge in [0.2, 0.25) is 0 Å². The van der Waals surface area contributed by atoms with Crippen LogP contribution in [0.5, 0.6) is 11.5 Å². The Morgan fingerprint density at radius 1 is 1.24 bits per heavy atom. The number of rotatable bonds is 3. The Morgan fingerprint density at radius 2 is 2.00 bits per heavy atom. The summed E-state index contributed by atoms with van der Waals surface area (Å²) in [6.07, 6.45) is 0. The largest absolute Gasteiger partial charge is 0.497 e. The van der Waals surface area contributed by atoms with Gasteiger partial charge in [-0.2, -0.15) is 5.10 Å². The molecule has 0 fully saturated rings. The first-order chi connectivity index (χ1) is 8.17. The minimum absolute atomic E-state index is 0.733. The van der Waals surface area contributed by atoms with Gasteiger partial charge in [0.1, 0.15) is 17.2 Å². The van der Waals surface area contributed by atoms with Gasteiger partial charge < -0.3 is 9.47 Å². The van der Waals surface area contributed by atoms with Crippen molar-refractivity contribution >= 4 is 15.9 Å². The van der Waals surface area contributed by atoms with Crippen molar-refractivity contribution in [2.75, 3.05) is 14.2 Å². The van der Waals surface area contributed by atoms with Gasteiger partial charge >= 0.3 is 0 Å². The molecule has 0 atom stereocenters. The van der Waals surface area contributed by atoms with E-state index in [0.717, 1.165) is 32.9 Å². The Bertz CT molecular complexity index is 537. The zero-order chi connectivity index (χ0) is 12.4. The second kappa shape index (κ2) is 4.79. The van der Waals surface area contributed by atoms with Crippen LogP contribution in [0.2, 0.25) is 0 Å². The number of aryl methyl sites for hydroxylation is 1. The number of hydrogen-bond acceptors (Lipinski definition) is 3. The van der Waals surface area contributed by atoms with Gasteiger partial charge in [-0.05, 0) is 35.0 Å².